The zero-order chi connectivity index (χ0) is 10.7. The van der Waals surface area contributed by atoms with Gasteiger partial charge in [-0.1, -0.05) is 11.8 Å². The van der Waals surface area contributed by atoms with Crippen molar-refractivity contribution in [2.75, 3.05) is 0 Å². The van der Waals surface area contributed by atoms with Gasteiger partial charge in [0.05, 0.1) is 15.3 Å². The fraction of sp³-hybridized carbons (Fsp3) is 0.100. The Morgan fingerprint density at radius 1 is 1.40 bits per heavy atom. The molecule has 2 nitrogen and oxygen atoms in total. The highest BCUT2D eigenvalue weighted by atomic mass is 79.9. The maximum Gasteiger partial charge on any atom is 0.116 e. The summed E-state index contributed by atoms with van der Waals surface area (Å²) in [5.41, 5.74) is 0. The maximum absolute atomic E-state index is 8.95. The molecule has 0 radical (unpaired) electrons. The fourth-order valence-corrected chi connectivity index (χ4v) is 3.46. The average Bonchev–Trinajstić information content (AvgIpc) is 2.69. The van der Waals surface area contributed by atoms with Crippen LogP contribution in [0.4, 0.5) is 0 Å². The first-order valence-corrected chi connectivity index (χ1v) is 6.70. The number of nitrogens with zero attached hydrogens (tertiary/aromatic N) is 1. The number of aliphatic hydroxyl groups is 1. The van der Waals surface area contributed by atoms with Crippen LogP contribution in [0.2, 0.25) is 0 Å². The first kappa shape index (κ1) is 11.1. The average molecular weight is 302 g/mol. The molecule has 2 aromatic rings. The van der Waals surface area contributed by atoms with E-state index < -0.39 is 0 Å². The molecule has 1 N–H and O–H groups in total. The molecule has 0 saturated carbocycles. The quantitative estimate of drug-likeness (QED) is 0.941. The van der Waals surface area contributed by atoms with Crippen molar-refractivity contribution in [3.05, 3.63) is 39.8 Å². The van der Waals surface area contributed by atoms with Crippen molar-refractivity contribution >= 4 is 39.0 Å². The minimum absolute atomic E-state index is 0.106. The number of thiophene rings is 1. The van der Waals surface area contributed by atoms with Crippen molar-refractivity contribution in [3.8, 4) is 0 Å². The topological polar surface area (TPSA) is 33.1 Å². The smallest absolute Gasteiger partial charge is 0.116 e. The molecule has 5 heteroatoms. The zero-order valence-electron chi connectivity index (χ0n) is 7.68. The monoisotopic (exact) mass is 301 g/mol. The Morgan fingerprint density at radius 3 is 2.93 bits per heavy atom. The molecule has 15 heavy (non-hydrogen) atoms. The van der Waals surface area contributed by atoms with E-state index >= 15 is 0 Å². The van der Waals surface area contributed by atoms with Gasteiger partial charge in [-0.3, -0.25) is 0 Å². The number of rotatable bonds is 3. The third kappa shape index (κ3) is 2.81. The lowest BCUT2D eigenvalue weighted by Crippen LogP contribution is -1.78. The molecule has 0 aliphatic carbocycles. The number of aromatic nitrogens is 1. The SMILES string of the molecule is OCc1ccc(Sc2ncccc2Br)s1. The second-order valence-corrected chi connectivity index (χ2v) is 6.08. The Morgan fingerprint density at radius 2 is 2.27 bits per heavy atom. The van der Waals surface area contributed by atoms with Gasteiger partial charge in [-0.05, 0) is 40.2 Å². The number of hydrogen-bond acceptors (Lipinski definition) is 4. The second kappa shape index (κ2) is 5.12. The number of halogens is 1. The van der Waals surface area contributed by atoms with E-state index in [1.807, 2.05) is 24.3 Å². The van der Waals surface area contributed by atoms with Gasteiger partial charge in [0.2, 0.25) is 0 Å². The van der Waals surface area contributed by atoms with Crippen LogP contribution in [0, 0.1) is 0 Å². The summed E-state index contributed by atoms with van der Waals surface area (Å²) in [5.74, 6) is 0. The molecule has 0 aliphatic rings. The van der Waals surface area contributed by atoms with E-state index in [9.17, 15) is 0 Å². The van der Waals surface area contributed by atoms with Gasteiger partial charge in [0.15, 0.2) is 0 Å². The Kier molecular flexibility index (Phi) is 3.80. The molecule has 0 spiro atoms. The molecular weight excluding hydrogens is 294 g/mol. The zero-order valence-corrected chi connectivity index (χ0v) is 10.9. The fourth-order valence-electron chi connectivity index (χ4n) is 1.04. The maximum atomic E-state index is 8.95. The first-order valence-electron chi connectivity index (χ1n) is 4.27. The van der Waals surface area contributed by atoms with Gasteiger partial charge in [0.1, 0.15) is 5.03 Å². The van der Waals surface area contributed by atoms with Crippen molar-refractivity contribution < 1.29 is 5.11 Å². The Balaban J connectivity index is 2.18. The van der Waals surface area contributed by atoms with Crippen LogP contribution >= 0.6 is 39.0 Å². The number of pyridine rings is 1. The van der Waals surface area contributed by atoms with Gasteiger partial charge in [0.25, 0.3) is 0 Å². The predicted molar refractivity (Wildman–Crippen MR) is 66.3 cm³/mol. The van der Waals surface area contributed by atoms with Gasteiger partial charge >= 0.3 is 0 Å². The minimum Gasteiger partial charge on any atom is -0.391 e. The van der Waals surface area contributed by atoms with Crippen LogP contribution in [-0.2, 0) is 6.61 Å². The minimum atomic E-state index is 0.106. The van der Waals surface area contributed by atoms with Crippen LogP contribution in [0.5, 0.6) is 0 Å². The molecule has 0 bridgehead atoms. The lowest BCUT2D eigenvalue weighted by Gasteiger charge is -1.99. The van der Waals surface area contributed by atoms with Crippen LogP contribution < -0.4 is 0 Å². The molecule has 0 unspecified atom stereocenters. The standard InChI is InChI=1S/C10H8BrNOS2/c11-8-2-1-5-12-10(8)15-9-4-3-7(6-13)14-9/h1-5,13H,6H2. The highest BCUT2D eigenvalue weighted by molar-refractivity contribution is 9.10. The molecule has 78 valence electrons. The van der Waals surface area contributed by atoms with Crippen LogP contribution in [-0.4, -0.2) is 10.1 Å². The highest BCUT2D eigenvalue weighted by Gasteiger charge is 2.05. The van der Waals surface area contributed by atoms with Crippen LogP contribution in [0.1, 0.15) is 4.88 Å². The van der Waals surface area contributed by atoms with E-state index in [1.165, 1.54) is 0 Å². The van der Waals surface area contributed by atoms with Gasteiger partial charge in [0, 0.05) is 11.1 Å². The van der Waals surface area contributed by atoms with Crippen LogP contribution in [0.15, 0.2) is 44.2 Å². The molecule has 0 aromatic carbocycles. The van der Waals surface area contributed by atoms with E-state index in [0.717, 1.165) is 18.6 Å². The van der Waals surface area contributed by atoms with Crippen molar-refractivity contribution in [2.45, 2.75) is 15.8 Å². The van der Waals surface area contributed by atoms with E-state index in [1.54, 1.807) is 29.3 Å². The lowest BCUT2D eigenvalue weighted by atomic mass is 10.5. The molecular formula is C10H8BrNOS2. The Hall–Kier alpha value is -0.360. The summed E-state index contributed by atoms with van der Waals surface area (Å²) in [4.78, 5) is 5.25. The summed E-state index contributed by atoms with van der Waals surface area (Å²) in [6.07, 6.45) is 1.77. The molecule has 0 aliphatic heterocycles. The van der Waals surface area contributed by atoms with Gasteiger partial charge in [-0.25, -0.2) is 4.98 Å². The highest BCUT2D eigenvalue weighted by Crippen LogP contribution is 2.35. The summed E-state index contributed by atoms with van der Waals surface area (Å²) in [6, 6.07) is 7.80. The molecule has 2 aromatic heterocycles. The molecule has 2 rings (SSSR count). The summed E-state index contributed by atoms with van der Waals surface area (Å²) in [5, 5.41) is 9.90. The first-order chi connectivity index (χ1) is 7.29. The largest absolute Gasteiger partial charge is 0.391 e. The molecule has 0 saturated heterocycles. The third-order valence-electron chi connectivity index (χ3n) is 1.71. The predicted octanol–water partition coefficient (Wildman–Crippen LogP) is 3.55. The lowest BCUT2D eigenvalue weighted by molar-refractivity contribution is 0.285. The van der Waals surface area contributed by atoms with Gasteiger partial charge in [-0.15, -0.1) is 11.3 Å². The van der Waals surface area contributed by atoms with Crippen LogP contribution in [0.3, 0.4) is 0 Å². The van der Waals surface area contributed by atoms with E-state index in [2.05, 4.69) is 20.9 Å². The van der Waals surface area contributed by atoms with Crippen molar-refractivity contribution in [2.24, 2.45) is 0 Å². The van der Waals surface area contributed by atoms with Gasteiger partial charge in [-0.2, -0.15) is 0 Å². The van der Waals surface area contributed by atoms with Crippen LogP contribution in [0.25, 0.3) is 0 Å². The van der Waals surface area contributed by atoms with Crippen molar-refractivity contribution in [1.82, 2.24) is 4.98 Å². The third-order valence-corrected chi connectivity index (χ3v) is 4.84. The normalized spacial score (nSPS) is 10.5. The molecule has 0 amide bonds. The Labute approximate surface area is 104 Å². The summed E-state index contributed by atoms with van der Waals surface area (Å²) >= 11 is 6.64. The molecule has 2 heterocycles. The van der Waals surface area contributed by atoms with E-state index in [0.29, 0.717) is 0 Å². The molecule has 0 atom stereocenters. The summed E-state index contributed by atoms with van der Waals surface area (Å²) in [7, 11) is 0. The van der Waals surface area contributed by atoms with E-state index in [4.69, 9.17) is 5.11 Å². The summed E-state index contributed by atoms with van der Waals surface area (Å²) in [6.45, 7) is 0.106. The van der Waals surface area contributed by atoms with E-state index in [-0.39, 0.29) is 6.61 Å². The molecule has 0 fully saturated rings. The van der Waals surface area contributed by atoms with Crippen molar-refractivity contribution in [1.29, 1.82) is 0 Å². The number of aliphatic hydroxyl groups excluding tert-OH is 1. The number of hydrogen-bond donors (Lipinski definition) is 1. The van der Waals surface area contributed by atoms with Gasteiger partial charge < -0.3 is 5.11 Å². The second-order valence-electron chi connectivity index (χ2n) is 2.77. The van der Waals surface area contributed by atoms with Crippen molar-refractivity contribution in [3.63, 3.8) is 0 Å². The Bertz CT molecular complexity index is 458. The summed E-state index contributed by atoms with van der Waals surface area (Å²) < 4.78 is 2.13.